The lowest BCUT2D eigenvalue weighted by molar-refractivity contribution is -0.384. The second-order valence-electron chi connectivity index (χ2n) is 6.04. The molecule has 0 radical (unpaired) electrons. The zero-order valence-corrected chi connectivity index (χ0v) is 14.0. The largest absolute Gasteiger partial charge is 0.454 e. The lowest BCUT2D eigenvalue weighted by atomic mass is 9.97. The maximum Gasteiger partial charge on any atom is 0.269 e. The van der Waals surface area contributed by atoms with Crippen LogP contribution in [0.1, 0.15) is 23.6 Å². The molecule has 2 aliphatic rings. The van der Waals surface area contributed by atoms with Crippen molar-refractivity contribution in [3.8, 4) is 11.5 Å². The van der Waals surface area contributed by atoms with E-state index in [1.165, 1.54) is 12.1 Å². The van der Waals surface area contributed by atoms with Crippen molar-refractivity contribution in [1.82, 2.24) is 0 Å². The second kappa shape index (κ2) is 6.44. The smallest absolute Gasteiger partial charge is 0.269 e. The first kappa shape index (κ1) is 16.0. The fraction of sp³-hybridized carbons (Fsp3) is 0.158. The average Bonchev–Trinajstić information content (AvgIpc) is 3.02. The Morgan fingerprint density at radius 1 is 1.08 bits per heavy atom. The van der Waals surface area contributed by atoms with Gasteiger partial charge < -0.3 is 9.47 Å². The monoisotopic (exact) mass is 349 g/mol. The van der Waals surface area contributed by atoms with Crippen molar-refractivity contribution in [2.45, 2.75) is 13.3 Å². The molecule has 0 unspecified atom stereocenters. The first-order valence-electron chi connectivity index (χ1n) is 8.07. The van der Waals surface area contributed by atoms with Gasteiger partial charge in [0.1, 0.15) is 0 Å². The number of non-ortho nitro benzene ring substituents is 1. The van der Waals surface area contributed by atoms with E-state index in [1.807, 2.05) is 31.2 Å². The predicted molar refractivity (Wildman–Crippen MR) is 98.0 cm³/mol. The summed E-state index contributed by atoms with van der Waals surface area (Å²) in [5, 5.41) is 19.3. The summed E-state index contributed by atoms with van der Waals surface area (Å²) in [5.74, 6) is 1.43. The van der Waals surface area contributed by atoms with Crippen LogP contribution in [-0.4, -0.2) is 23.1 Å². The zero-order chi connectivity index (χ0) is 18.1. The van der Waals surface area contributed by atoms with E-state index in [0.29, 0.717) is 17.9 Å². The molecular formula is C19H15N3O4. The van der Waals surface area contributed by atoms with E-state index in [2.05, 4.69) is 10.2 Å². The van der Waals surface area contributed by atoms with Gasteiger partial charge in [0.15, 0.2) is 11.5 Å². The van der Waals surface area contributed by atoms with Crippen LogP contribution in [0.5, 0.6) is 11.5 Å². The molecule has 2 heterocycles. The zero-order valence-electron chi connectivity index (χ0n) is 14.0. The van der Waals surface area contributed by atoms with Gasteiger partial charge in [-0.05, 0) is 48.4 Å². The Labute approximate surface area is 149 Å². The summed E-state index contributed by atoms with van der Waals surface area (Å²) in [6.07, 6.45) is 4.39. The number of hydrogen-bond acceptors (Lipinski definition) is 6. The number of nitro benzene ring substituents is 1. The molecule has 26 heavy (non-hydrogen) atoms. The standard InChI is InChI=1S/C19H15N3O4/c1-12-8-14-9-18-19(26-11-25-18)10-16(14)17(21-20-12)7-4-13-2-5-15(6-3-13)22(23)24/h2-7,9-10H,8,11H2,1H3. The third-order valence-electron chi connectivity index (χ3n) is 4.19. The van der Waals surface area contributed by atoms with Gasteiger partial charge in [0.05, 0.1) is 10.6 Å². The van der Waals surface area contributed by atoms with Gasteiger partial charge in [-0.1, -0.05) is 6.08 Å². The minimum Gasteiger partial charge on any atom is -0.454 e. The Morgan fingerprint density at radius 2 is 1.81 bits per heavy atom. The van der Waals surface area contributed by atoms with E-state index in [4.69, 9.17) is 9.47 Å². The molecule has 0 atom stereocenters. The number of nitro groups is 1. The van der Waals surface area contributed by atoms with E-state index >= 15 is 0 Å². The molecule has 0 spiro atoms. The van der Waals surface area contributed by atoms with Gasteiger partial charge in [0, 0.05) is 29.8 Å². The highest BCUT2D eigenvalue weighted by Crippen LogP contribution is 2.36. The van der Waals surface area contributed by atoms with Gasteiger partial charge in [-0.15, -0.1) is 0 Å². The topological polar surface area (TPSA) is 86.3 Å². The van der Waals surface area contributed by atoms with Crippen molar-refractivity contribution >= 4 is 23.2 Å². The average molecular weight is 349 g/mol. The van der Waals surface area contributed by atoms with E-state index < -0.39 is 4.92 Å². The van der Waals surface area contributed by atoms with Crippen molar-refractivity contribution in [3.05, 3.63) is 69.3 Å². The van der Waals surface area contributed by atoms with Gasteiger partial charge in [-0.2, -0.15) is 10.2 Å². The molecule has 0 aromatic heterocycles. The highest BCUT2D eigenvalue weighted by atomic mass is 16.7. The highest BCUT2D eigenvalue weighted by Gasteiger charge is 2.20. The number of nitrogens with zero attached hydrogens (tertiary/aromatic N) is 3. The lowest BCUT2D eigenvalue weighted by Gasteiger charge is -2.08. The van der Waals surface area contributed by atoms with Crippen molar-refractivity contribution in [1.29, 1.82) is 0 Å². The third-order valence-corrected chi connectivity index (χ3v) is 4.19. The summed E-state index contributed by atoms with van der Waals surface area (Å²) in [5.41, 5.74) is 4.52. The van der Waals surface area contributed by atoms with Crippen LogP contribution < -0.4 is 9.47 Å². The quantitative estimate of drug-likeness (QED) is 0.624. The molecule has 2 aromatic rings. The van der Waals surface area contributed by atoms with Gasteiger partial charge in [0.2, 0.25) is 6.79 Å². The Balaban J connectivity index is 1.69. The van der Waals surface area contributed by atoms with Crippen molar-refractivity contribution < 1.29 is 14.4 Å². The Hall–Kier alpha value is -3.48. The van der Waals surface area contributed by atoms with Gasteiger partial charge >= 0.3 is 0 Å². The molecule has 0 fully saturated rings. The first-order valence-corrected chi connectivity index (χ1v) is 8.07. The molecule has 0 aliphatic carbocycles. The molecule has 4 rings (SSSR count). The Kier molecular flexibility index (Phi) is 3.96. The van der Waals surface area contributed by atoms with Crippen LogP contribution in [-0.2, 0) is 6.42 Å². The van der Waals surface area contributed by atoms with Crippen LogP contribution in [0.4, 0.5) is 5.69 Å². The number of rotatable bonds is 3. The normalized spacial score (nSPS) is 15.3. The molecule has 7 heteroatoms. The predicted octanol–water partition coefficient (Wildman–Crippen LogP) is 3.76. The van der Waals surface area contributed by atoms with Crippen molar-refractivity contribution in [3.63, 3.8) is 0 Å². The molecule has 130 valence electrons. The maximum absolute atomic E-state index is 10.7. The molecule has 0 saturated heterocycles. The second-order valence-corrected chi connectivity index (χ2v) is 6.04. The number of fused-ring (bicyclic) bond motifs is 2. The van der Waals surface area contributed by atoms with E-state index in [1.54, 1.807) is 12.1 Å². The molecule has 7 nitrogen and oxygen atoms in total. The van der Waals surface area contributed by atoms with E-state index in [-0.39, 0.29) is 12.5 Å². The lowest BCUT2D eigenvalue weighted by Crippen LogP contribution is -2.03. The van der Waals surface area contributed by atoms with Gasteiger partial charge in [-0.25, -0.2) is 0 Å². The minimum absolute atomic E-state index is 0.0623. The van der Waals surface area contributed by atoms with Crippen LogP contribution in [0.3, 0.4) is 0 Å². The maximum atomic E-state index is 10.7. The van der Waals surface area contributed by atoms with E-state index in [0.717, 1.165) is 28.2 Å². The third kappa shape index (κ3) is 3.06. The fourth-order valence-corrected chi connectivity index (χ4v) is 2.88. The molecule has 0 N–H and O–H groups in total. The van der Waals surface area contributed by atoms with Gasteiger partial charge in [0.25, 0.3) is 5.69 Å². The van der Waals surface area contributed by atoms with Crippen LogP contribution >= 0.6 is 0 Å². The van der Waals surface area contributed by atoms with Crippen LogP contribution in [0.25, 0.3) is 6.08 Å². The van der Waals surface area contributed by atoms with Crippen LogP contribution in [0.15, 0.2) is 52.7 Å². The summed E-state index contributed by atoms with van der Waals surface area (Å²) in [6.45, 7) is 2.15. The van der Waals surface area contributed by atoms with Crippen LogP contribution in [0, 0.1) is 10.1 Å². The summed E-state index contributed by atoms with van der Waals surface area (Å²) < 4.78 is 10.9. The summed E-state index contributed by atoms with van der Waals surface area (Å²) in [7, 11) is 0. The van der Waals surface area contributed by atoms with Gasteiger partial charge in [-0.3, -0.25) is 10.1 Å². The number of benzene rings is 2. The summed E-state index contributed by atoms with van der Waals surface area (Å²) in [6, 6.07) is 10.2. The summed E-state index contributed by atoms with van der Waals surface area (Å²) in [4.78, 5) is 10.3. The molecule has 2 aromatic carbocycles. The van der Waals surface area contributed by atoms with Crippen molar-refractivity contribution in [2.24, 2.45) is 10.2 Å². The SMILES string of the molecule is CC1=NN=C(C=Cc2ccc([N+](=O)[O-])cc2)c2cc3c(cc2C1)OCO3. The number of allylic oxidation sites excluding steroid dienone is 1. The van der Waals surface area contributed by atoms with E-state index in [9.17, 15) is 10.1 Å². The summed E-state index contributed by atoms with van der Waals surface area (Å²) >= 11 is 0. The molecule has 0 bridgehead atoms. The van der Waals surface area contributed by atoms with Crippen LogP contribution in [0.2, 0.25) is 0 Å². The first-order chi connectivity index (χ1) is 12.6. The molecule has 2 aliphatic heterocycles. The fourth-order valence-electron chi connectivity index (χ4n) is 2.88. The minimum atomic E-state index is -0.417. The molecule has 0 saturated carbocycles. The number of hydrogen-bond donors (Lipinski definition) is 0. The number of ether oxygens (including phenoxy) is 2. The van der Waals surface area contributed by atoms with Crippen molar-refractivity contribution in [2.75, 3.05) is 6.79 Å². The Bertz CT molecular complexity index is 975. The molecule has 0 amide bonds. The Morgan fingerprint density at radius 3 is 2.54 bits per heavy atom. The molecular weight excluding hydrogens is 334 g/mol. The highest BCUT2D eigenvalue weighted by molar-refractivity contribution is 6.13.